The Balaban J connectivity index is 1.40. The van der Waals surface area contributed by atoms with Gasteiger partial charge in [0, 0.05) is 35.9 Å². The molecule has 8 nitrogen and oxygen atoms in total. The first-order valence-electron chi connectivity index (χ1n) is 12.6. The molecule has 2 aliphatic rings. The molecule has 2 aromatic heterocycles. The molecule has 5 rings (SSSR count). The molecule has 3 aromatic rings. The average molecular weight is 600 g/mol. The summed E-state index contributed by atoms with van der Waals surface area (Å²) in [6.45, 7) is 1.01. The molecule has 1 aromatic carbocycles. The largest absolute Gasteiger partial charge is 0.451 e. The summed E-state index contributed by atoms with van der Waals surface area (Å²) in [6, 6.07) is 2.53. The average Bonchev–Trinajstić information content (AvgIpc) is 3.72. The fraction of sp³-hybridized carbons (Fsp3) is 0.385. The van der Waals surface area contributed by atoms with E-state index < -0.39 is 64.2 Å². The Kier molecular flexibility index (Phi) is 7.53. The summed E-state index contributed by atoms with van der Waals surface area (Å²) in [5.41, 5.74) is 0.0744. The lowest BCUT2D eigenvalue weighted by atomic mass is 10.0. The molecule has 1 aliphatic carbocycles. The fourth-order valence-corrected chi connectivity index (χ4v) is 6.55. The van der Waals surface area contributed by atoms with Gasteiger partial charge in [-0.05, 0) is 50.1 Å². The molecule has 2 fully saturated rings. The van der Waals surface area contributed by atoms with Gasteiger partial charge in [0.2, 0.25) is 21.8 Å². The number of carbonyl (C=O) groups is 1. The number of halogens is 6. The minimum Gasteiger partial charge on any atom is -0.349 e. The van der Waals surface area contributed by atoms with Gasteiger partial charge in [-0.2, -0.15) is 17.5 Å². The Hall–Kier alpha value is -3.59. The van der Waals surface area contributed by atoms with Gasteiger partial charge in [0.1, 0.15) is 18.0 Å². The van der Waals surface area contributed by atoms with Gasteiger partial charge in [-0.3, -0.25) is 9.78 Å². The molecule has 0 radical (unpaired) electrons. The van der Waals surface area contributed by atoms with E-state index in [4.69, 9.17) is 0 Å². The van der Waals surface area contributed by atoms with Gasteiger partial charge in [0.05, 0.1) is 28.9 Å². The van der Waals surface area contributed by atoms with Crippen LogP contribution in [-0.4, -0.2) is 51.8 Å². The van der Waals surface area contributed by atoms with Gasteiger partial charge in [-0.25, -0.2) is 31.6 Å². The van der Waals surface area contributed by atoms with E-state index in [9.17, 15) is 35.2 Å². The van der Waals surface area contributed by atoms with Gasteiger partial charge < -0.3 is 5.32 Å². The predicted molar refractivity (Wildman–Crippen MR) is 132 cm³/mol. The summed E-state index contributed by atoms with van der Waals surface area (Å²) in [5, 5.41) is 2.52. The van der Waals surface area contributed by atoms with E-state index in [-0.39, 0.29) is 39.9 Å². The van der Waals surface area contributed by atoms with Crippen LogP contribution < -0.4 is 5.32 Å². The third-order valence-electron chi connectivity index (χ3n) is 7.03. The van der Waals surface area contributed by atoms with Crippen LogP contribution >= 0.6 is 0 Å². The molecular weight excluding hydrogens is 576 g/mol. The molecule has 218 valence electrons. The summed E-state index contributed by atoms with van der Waals surface area (Å²) in [7, 11) is -4.38. The summed E-state index contributed by atoms with van der Waals surface area (Å²) in [6.07, 6.45) is -3.88. The molecule has 3 heterocycles. The Morgan fingerprint density at radius 2 is 1.73 bits per heavy atom. The van der Waals surface area contributed by atoms with Crippen LogP contribution in [0.1, 0.15) is 49.3 Å². The standard InChI is InChI=1S/C26H23F6N5O3S/c1-13-20(28)9-21(37(13)41(39,40)18-6-4-16(27)5-7-18)24(38)33-12-17-8-19(22(29)23(36-17)14-2-3-14)15-10-34-25(35-11-15)26(30,31)32/h4-8,10-11,13-14,20-21H,2-3,9,12H2,1H3,(H,33,38)/t13-,20+,21-/m0/s1. The maximum atomic E-state index is 15.3. The molecule has 41 heavy (non-hydrogen) atoms. The summed E-state index contributed by atoms with van der Waals surface area (Å²) in [5.74, 6) is -3.84. The molecule has 0 spiro atoms. The van der Waals surface area contributed by atoms with Gasteiger partial charge in [0.25, 0.3) is 0 Å². The molecule has 15 heteroatoms. The van der Waals surface area contributed by atoms with E-state index in [2.05, 4.69) is 20.3 Å². The lowest BCUT2D eigenvalue weighted by Gasteiger charge is -2.27. The second kappa shape index (κ2) is 10.7. The van der Waals surface area contributed by atoms with Crippen LogP contribution in [0, 0.1) is 11.6 Å². The fourth-order valence-electron chi connectivity index (χ4n) is 4.74. The zero-order valence-corrected chi connectivity index (χ0v) is 22.2. The van der Waals surface area contributed by atoms with Crippen molar-refractivity contribution in [3.8, 4) is 11.1 Å². The molecule has 1 saturated carbocycles. The van der Waals surface area contributed by atoms with Gasteiger partial charge in [-0.1, -0.05) is 0 Å². The van der Waals surface area contributed by atoms with Crippen molar-refractivity contribution in [3.05, 3.63) is 71.6 Å². The highest BCUT2D eigenvalue weighted by molar-refractivity contribution is 7.89. The molecular formula is C26H23F6N5O3S. The number of sulfonamides is 1. The van der Waals surface area contributed by atoms with Crippen molar-refractivity contribution in [2.45, 2.75) is 68.0 Å². The topological polar surface area (TPSA) is 105 Å². The highest BCUT2D eigenvalue weighted by atomic mass is 32.2. The SMILES string of the molecule is C[C@H]1[C@H](F)C[C@@H](C(=O)NCc2cc(-c3cnc(C(F)(F)F)nc3)c(F)c(C3CC3)n2)N1S(=O)(=O)c1ccc(F)cc1. The Bertz CT molecular complexity index is 1560. The number of nitrogens with one attached hydrogen (secondary N) is 1. The second-order valence-electron chi connectivity index (χ2n) is 9.94. The Morgan fingerprint density at radius 3 is 2.32 bits per heavy atom. The molecule has 0 unspecified atom stereocenters. The van der Waals surface area contributed by atoms with E-state index in [0.717, 1.165) is 41.0 Å². The first-order valence-corrected chi connectivity index (χ1v) is 14.0. The number of aromatic nitrogens is 3. The Labute approximate surface area is 230 Å². The second-order valence-corrected chi connectivity index (χ2v) is 11.8. The summed E-state index contributed by atoms with van der Waals surface area (Å²) >= 11 is 0. The number of hydrogen-bond donors (Lipinski definition) is 1. The zero-order chi connectivity index (χ0) is 29.7. The molecule has 1 amide bonds. The lowest BCUT2D eigenvalue weighted by molar-refractivity contribution is -0.145. The van der Waals surface area contributed by atoms with Gasteiger partial charge >= 0.3 is 6.18 Å². The smallest absolute Gasteiger partial charge is 0.349 e. The van der Waals surface area contributed by atoms with Gasteiger partial charge in [0.15, 0.2) is 5.82 Å². The van der Waals surface area contributed by atoms with E-state index >= 15 is 4.39 Å². The van der Waals surface area contributed by atoms with E-state index in [1.165, 1.54) is 13.0 Å². The van der Waals surface area contributed by atoms with Crippen molar-refractivity contribution in [1.29, 1.82) is 0 Å². The number of alkyl halides is 4. The highest BCUT2D eigenvalue weighted by Crippen LogP contribution is 2.42. The maximum absolute atomic E-state index is 15.3. The van der Waals surface area contributed by atoms with Gasteiger partial charge in [-0.15, -0.1) is 0 Å². The monoisotopic (exact) mass is 599 g/mol. The Morgan fingerprint density at radius 1 is 1.10 bits per heavy atom. The normalized spacial score (nSPS) is 21.7. The number of nitrogens with zero attached hydrogens (tertiary/aromatic N) is 4. The molecule has 1 saturated heterocycles. The summed E-state index contributed by atoms with van der Waals surface area (Å²) < 4.78 is 109. The zero-order valence-electron chi connectivity index (χ0n) is 21.4. The van der Waals surface area contributed by atoms with E-state index in [0.29, 0.717) is 12.8 Å². The number of pyridine rings is 1. The number of rotatable bonds is 7. The number of hydrogen-bond acceptors (Lipinski definition) is 6. The molecule has 1 aliphatic heterocycles. The highest BCUT2D eigenvalue weighted by Gasteiger charge is 2.49. The van der Waals surface area contributed by atoms with Crippen molar-refractivity contribution in [1.82, 2.24) is 24.6 Å². The molecule has 0 bridgehead atoms. The van der Waals surface area contributed by atoms with Crippen LogP contribution in [-0.2, 0) is 27.5 Å². The minimum atomic E-state index is -4.78. The first kappa shape index (κ1) is 28.9. The van der Waals surface area contributed by atoms with E-state index in [1.807, 2.05) is 0 Å². The van der Waals surface area contributed by atoms with E-state index in [1.54, 1.807) is 0 Å². The van der Waals surface area contributed by atoms with Crippen molar-refractivity contribution in [3.63, 3.8) is 0 Å². The van der Waals surface area contributed by atoms with Crippen LogP contribution in [0.3, 0.4) is 0 Å². The van der Waals surface area contributed by atoms with Crippen molar-refractivity contribution in [2.75, 3.05) is 0 Å². The number of amides is 1. The third-order valence-corrected chi connectivity index (χ3v) is 9.04. The maximum Gasteiger partial charge on any atom is 0.451 e. The molecule has 3 atom stereocenters. The van der Waals surface area contributed by atoms with Crippen LogP contribution in [0.4, 0.5) is 26.3 Å². The first-order chi connectivity index (χ1) is 19.3. The van der Waals surface area contributed by atoms with Crippen LogP contribution in [0.5, 0.6) is 0 Å². The minimum absolute atomic E-state index is 0.0335. The lowest BCUT2D eigenvalue weighted by Crippen LogP contribution is -2.48. The van der Waals surface area contributed by atoms with Crippen molar-refractivity contribution in [2.24, 2.45) is 0 Å². The molecule has 1 N–H and O–H groups in total. The van der Waals surface area contributed by atoms with Crippen LogP contribution in [0.25, 0.3) is 11.1 Å². The number of carbonyl (C=O) groups excluding carboxylic acids is 1. The summed E-state index contributed by atoms with van der Waals surface area (Å²) in [4.78, 5) is 23.7. The van der Waals surface area contributed by atoms with Crippen LogP contribution in [0.2, 0.25) is 0 Å². The van der Waals surface area contributed by atoms with Crippen molar-refractivity contribution < 1.29 is 39.6 Å². The van der Waals surface area contributed by atoms with Crippen molar-refractivity contribution >= 4 is 15.9 Å². The van der Waals surface area contributed by atoms with Crippen LogP contribution in [0.15, 0.2) is 47.6 Å². The quantitative estimate of drug-likeness (QED) is 0.401. The third kappa shape index (κ3) is 5.77. The predicted octanol–water partition coefficient (Wildman–Crippen LogP) is 4.52. The number of benzene rings is 1.